The number of nitrogens with zero attached hydrogens (tertiary/aromatic N) is 10. The number of benzene rings is 15. The normalized spacial score (nSPS) is 13.2. The first-order valence-corrected chi connectivity index (χ1v) is 47.7. The molecule has 138 heavy (non-hydrogen) atoms. The number of pyridine rings is 3. The molecule has 0 N–H and O–H groups in total. The second-order valence-electron chi connectivity index (χ2n) is 37.4. The molecule has 0 amide bonds. The molecule has 654 valence electrons. The molecule has 0 fully saturated rings. The van der Waals surface area contributed by atoms with Crippen LogP contribution in [0, 0.1) is 0 Å². The van der Waals surface area contributed by atoms with Gasteiger partial charge in [0.15, 0.2) is 17.5 Å². The fourth-order valence-electron chi connectivity index (χ4n) is 21.5. The van der Waals surface area contributed by atoms with Crippen molar-refractivity contribution in [3.63, 3.8) is 0 Å². The molecule has 3 aliphatic carbocycles. The average molecular weight is 1790 g/mol. The summed E-state index contributed by atoms with van der Waals surface area (Å²) in [6.45, 7) is 13.7. The van der Waals surface area contributed by atoms with Crippen molar-refractivity contribution in [3.05, 3.63) is 459 Å². The lowest BCUT2D eigenvalue weighted by Crippen LogP contribution is -2.17. The number of hydrogen-bond acceptors (Lipinski definition) is 11. The van der Waals surface area contributed by atoms with Crippen molar-refractivity contribution in [1.82, 2.24) is 49.4 Å². The second kappa shape index (κ2) is 33.2. The van der Waals surface area contributed by atoms with E-state index in [9.17, 15) is 0 Å². The van der Waals surface area contributed by atoms with Gasteiger partial charge in [-0.15, -0.1) is 11.3 Å². The summed E-state index contributed by atoms with van der Waals surface area (Å²) in [5.41, 5.74) is 38.3. The second-order valence-corrected chi connectivity index (χ2v) is 38.5. The maximum atomic E-state index is 6.39. The van der Waals surface area contributed by atoms with E-state index in [0.29, 0.717) is 5.82 Å². The summed E-state index contributed by atoms with van der Waals surface area (Å²) in [4.78, 5) is 45.4. The Hall–Kier alpha value is -17.2. The quantitative estimate of drug-likeness (QED) is 0.116. The van der Waals surface area contributed by atoms with Gasteiger partial charge in [0.1, 0.15) is 11.2 Å². The van der Waals surface area contributed by atoms with Crippen molar-refractivity contribution in [2.75, 3.05) is 0 Å². The Morgan fingerprint density at radius 3 is 1.17 bits per heavy atom. The summed E-state index contributed by atoms with van der Waals surface area (Å²) in [6, 6.07) is 139. The molecular weight excluding hydrogens is 1700 g/mol. The van der Waals surface area contributed by atoms with Gasteiger partial charge in [-0.3, -0.25) is 15.0 Å². The molecule has 9 aromatic heterocycles. The van der Waals surface area contributed by atoms with E-state index in [-0.39, 0.29) is 16.2 Å². The predicted octanol–water partition coefficient (Wildman–Crippen LogP) is 32.2. The Labute approximate surface area is 803 Å². The molecule has 0 spiro atoms. The summed E-state index contributed by atoms with van der Waals surface area (Å²) in [5.74, 6) is 2.16. The lowest BCUT2D eigenvalue weighted by atomic mass is 9.80. The van der Waals surface area contributed by atoms with Gasteiger partial charge in [0.2, 0.25) is 0 Å². The van der Waals surface area contributed by atoms with E-state index in [0.717, 1.165) is 157 Å². The number of furan rings is 1. The molecule has 0 saturated carbocycles. The fourth-order valence-corrected chi connectivity index (χ4v) is 22.8. The van der Waals surface area contributed by atoms with E-state index >= 15 is 0 Å². The zero-order valence-corrected chi connectivity index (χ0v) is 77.5. The van der Waals surface area contributed by atoms with Crippen LogP contribution in [0.1, 0.15) is 74.9 Å². The van der Waals surface area contributed by atoms with Gasteiger partial charge in [-0.25, -0.2) is 29.9 Å². The average Bonchev–Trinajstić information content (AvgIpc) is 1.57. The molecule has 11 nitrogen and oxygen atoms in total. The van der Waals surface area contributed by atoms with Gasteiger partial charge in [-0.1, -0.05) is 351 Å². The summed E-state index contributed by atoms with van der Waals surface area (Å²) >= 11 is 1.86. The lowest BCUT2D eigenvalue weighted by Gasteiger charge is -2.24. The number of para-hydroxylation sites is 4. The Morgan fingerprint density at radius 1 is 0.254 bits per heavy atom. The van der Waals surface area contributed by atoms with Gasteiger partial charge in [-0.05, 0) is 129 Å². The molecule has 24 aromatic rings. The molecule has 15 aromatic carbocycles. The number of rotatable bonds is 12. The van der Waals surface area contributed by atoms with E-state index in [2.05, 4.69) is 413 Å². The molecule has 3 aliphatic rings. The molecule has 0 saturated heterocycles. The third-order valence-corrected chi connectivity index (χ3v) is 29.4. The molecular formula is C126H88N10OS. The van der Waals surface area contributed by atoms with Crippen LogP contribution in [0.5, 0.6) is 0 Å². The summed E-state index contributed by atoms with van der Waals surface area (Å²) in [6.07, 6.45) is 9.27. The largest absolute Gasteiger partial charge is 0.455 e. The van der Waals surface area contributed by atoms with Crippen LogP contribution in [0.15, 0.2) is 430 Å². The minimum Gasteiger partial charge on any atom is -0.455 e. The molecule has 0 atom stereocenters. The zero-order chi connectivity index (χ0) is 92.5. The van der Waals surface area contributed by atoms with Crippen molar-refractivity contribution in [3.8, 4) is 163 Å². The monoisotopic (exact) mass is 1790 g/mol. The van der Waals surface area contributed by atoms with Gasteiger partial charge in [0.05, 0.1) is 50.9 Å². The molecule has 27 rings (SSSR count). The van der Waals surface area contributed by atoms with E-state index in [1.165, 1.54) is 97.6 Å². The number of fused-ring (bicyclic) bond motifs is 18. The predicted molar refractivity (Wildman–Crippen MR) is 566 cm³/mol. The summed E-state index contributed by atoms with van der Waals surface area (Å²) in [7, 11) is 0. The SMILES string of the molecule is CC1(C)c2ccccc2-c2nc(-c3cccc(-c4cccc5c4oc4ccccc45)c3)nc(-c3cccc(-c4cccnc4)c3)c21.CC1(C)c2ccccc2-c2nc(-c3cccc(-c4cccc5c4sc4ccccc45)c3)nc(-c3cccc(-c4cccnc4)c3)c21.CC1(C)c2ccccc2-c2nc(-c3cccc(-n4c5ccccc5c5ccccc54)c3)nc(-c3ccc(-c4ccccn4)cc3)c21. The molecule has 0 unspecified atom stereocenters. The molecule has 0 radical (unpaired) electrons. The minimum absolute atomic E-state index is 0.246. The Morgan fingerprint density at radius 2 is 0.638 bits per heavy atom. The lowest BCUT2D eigenvalue weighted by molar-refractivity contribution is 0.657. The smallest absolute Gasteiger partial charge is 0.160 e. The standard InChI is InChI=1S/C42H30N4.C42H29N3O.C42H29N3S/c1-42(2)34-17-6-3-16-33(34)40-38(42)39(28-23-21-27(22-24-28)35-18-9-10-25-43-35)44-41(45-40)29-12-11-13-30(26-29)46-36-19-7-4-14-31(36)32-15-5-8-20-37(32)46;2*1-42(2)35-20-5-3-17-34(35)39-37(42)38(28-13-7-11-26(23-28)30-15-10-22-43-25-30)44-41(45-39)29-14-8-12-27(24-29)31-18-9-19-33-32-16-4-6-21-36(32)46-40(31)33/h3-26H,1-2H3;2*3-25H,1-2H3. The van der Waals surface area contributed by atoms with Crippen LogP contribution in [0.4, 0.5) is 0 Å². The van der Waals surface area contributed by atoms with Crippen molar-refractivity contribution in [2.45, 2.75) is 57.8 Å². The van der Waals surface area contributed by atoms with Crippen LogP contribution >= 0.6 is 11.3 Å². The summed E-state index contributed by atoms with van der Waals surface area (Å²) in [5, 5.41) is 7.33. The van der Waals surface area contributed by atoms with Gasteiger partial charge in [0.25, 0.3) is 0 Å². The van der Waals surface area contributed by atoms with Crippen LogP contribution < -0.4 is 0 Å². The zero-order valence-electron chi connectivity index (χ0n) is 76.7. The van der Waals surface area contributed by atoms with Crippen molar-refractivity contribution < 1.29 is 4.42 Å². The van der Waals surface area contributed by atoms with Crippen LogP contribution in [0.25, 0.3) is 227 Å². The third-order valence-electron chi connectivity index (χ3n) is 28.2. The Kier molecular flexibility index (Phi) is 19.9. The van der Waals surface area contributed by atoms with Crippen molar-refractivity contribution >= 4 is 75.3 Å². The first-order chi connectivity index (χ1) is 67.7. The Balaban J connectivity index is 0.000000110. The molecule has 0 bridgehead atoms. The molecule has 12 heteroatoms. The highest BCUT2D eigenvalue weighted by molar-refractivity contribution is 7.26. The fraction of sp³-hybridized carbons (Fsp3) is 0.0714. The highest BCUT2D eigenvalue weighted by Crippen LogP contribution is 2.56. The van der Waals surface area contributed by atoms with Crippen LogP contribution in [0.3, 0.4) is 0 Å². The first-order valence-electron chi connectivity index (χ1n) is 46.9. The molecule has 9 heterocycles. The highest BCUT2D eigenvalue weighted by Gasteiger charge is 2.44. The van der Waals surface area contributed by atoms with E-state index in [1.54, 1.807) is 6.20 Å². The van der Waals surface area contributed by atoms with Gasteiger partial charge >= 0.3 is 0 Å². The van der Waals surface area contributed by atoms with E-state index in [1.807, 2.05) is 78.6 Å². The first kappa shape index (κ1) is 82.7. The third kappa shape index (κ3) is 14.0. The number of hydrogen-bond donors (Lipinski definition) is 0. The number of thiophene rings is 1. The number of aromatic nitrogens is 10. The van der Waals surface area contributed by atoms with Crippen LogP contribution in [0.2, 0.25) is 0 Å². The van der Waals surface area contributed by atoms with Gasteiger partial charge < -0.3 is 8.98 Å². The maximum absolute atomic E-state index is 6.39. The Bertz CT molecular complexity index is 8600. The van der Waals surface area contributed by atoms with Crippen LogP contribution in [-0.4, -0.2) is 49.4 Å². The maximum Gasteiger partial charge on any atom is 0.160 e. The summed E-state index contributed by atoms with van der Waals surface area (Å²) < 4.78 is 11.4. The minimum atomic E-state index is -0.261. The van der Waals surface area contributed by atoms with E-state index in [4.69, 9.17) is 34.3 Å². The van der Waals surface area contributed by atoms with Gasteiger partial charge in [-0.2, -0.15) is 0 Å². The topological polar surface area (TPSA) is 134 Å². The van der Waals surface area contributed by atoms with Crippen molar-refractivity contribution in [2.24, 2.45) is 0 Å². The highest BCUT2D eigenvalue weighted by atomic mass is 32.1. The molecule has 0 aliphatic heterocycles. The van der Waals surface area contributed by atoms with Crippen molar-refractivity contribution in [1.29, 1.82) is 0 Å². The van der Waals surface area contributed by atoms with E-state index < -0.39 is 0 Å². The van der Waals surface area contributed by atoms with Crippen LogP contribution in [-0.2, 0) is 16.2 Å². The van der Waals surface area contributed by atoms with Gasteiger partial charge in [0, 0.05) is 184 Å².